The summed E-state index contributed by atoms with van der Waals surface area (Å²) in [5.74, 6) is -0.319. The van der Waals surface area contributed by atoms with Crippen molar-refractivity contribution in [1.29, 1.82) is 0 Å². The number of anilines is 1. The second-order valence-corrected chi connectivity index (χ2v) is 7.96. The first-order valence-electron chi connectivity index (χ1n) is 9.57. The molecule has 158 valence electrons. The van der Waals surface area contributed by atoms with Crippen LogP contribution in [0.4, 0.5) is 11.4 Å². The fourth-order valence-corrected chi connectivity index (χ4v) is 3.63. The molecule has 0 aliphatic heterocycles. The lowest BCUT2D eigenvalue weighted by Crippen LogP contribution is -2.25. The number of hydrogen-bond acceptors (Lipinski definition) is 6. The number of rotatable bonds is 8. The van der Waals surface area contributed by atoms with Gasteiger partial charge in [0.05, 0.1) is 22.6 Å². The van der Waals surface area contributed by atoms with Crippen molar-refractivity contribution in [1.82, 2.24) is 5.43 Å². The monoisotopic (exact) mass is 434 g/mol. The minimum absolute atomic E-state index is 0.0134. The van der Waals surface area contributed by atoms with Gasteiger partial charge < -0.3 is 5.32 Å². The third-order valence-electron chi connectivity index (χ3n) is 4.51. The number of hydrazone groups is 1. The van der Waals surface area contributed by atoms with Crippen LogP contribution in [0.2, 0.25) is 0 Å². The predicted octanol–water partition coefficient (Wildman–Crippen LogP) is 4.93. The Hall–Kier alpha value is -3.65. The van der Waals surface area contributed by atoms with E-state index in [0.717, 1.165) is 16.1 Å². The zero-order chi connectivity index (χ0) is 22.2. The highest BCUT2D eigenvalue weighted by Gasteiger charge is 2.15. The maximum Gasteiger partial charge on any atom is 0.283 e. The third kappa shape index (κ3) is 6.42. The highest BCUT2D eigenvalue weighted by atomic mass is 32.2. The van der Waals surface area contributed by atoms with Gasteiger partial charge in [0, 0.05) is 22.2 Å². The number of aryl methyl sites for hydroxylation is 2. The predicted molar refractivity (Wildman–Crippen MR) is 124 cm³/mol. The standard InChI is InChI=1S/C23H22N4O3S/c1-16-8-10-19(12-17(16)2)24-15-23(28)26-25-14-18-9-11-22(21(13-18)27(29)30)31-20-6-4-3-5-7-20/h3-14,24H,15H2,1-2H3,(H,26,28)/b25-14+. The fourth-order valence-electron chi connectivity index (χ4n) is 2.71. The molecule has 0 aromatic heterocycles. The molecule has 0 atom stereocenters. The summed E-state index contributed by atoms with van der Waals surface area (Å²) in [6, 6.07) is 20.2. The van der Waals surface area contributed by atoms with Crippen LogP contribution in [-0.4, -0.2) is 23.6 Å². The van der Waals surface area contributed by atoms with Crippen LogP contribution >= 0.6 is 11.8 Å². The van der Waals surface area contributed by atoms with Crippen molar-refractivity contribution in [2.45, 2.75) is 23.6 Å². The largest absolute Gasteiger partial charge is 0.376 e. The molecule has 0 bridgehead atoms. The van der Waals surface area contributed by atoms with Crippen LogP contribution in [-0.2, 0) is 4.79 Å². The van der Waals surface area contributed by atoms with Crippen LogP contribution < -0.4 is 10.7 Å². The fraction of sp³-hybridized carbons (Fsp3) is 0.130. The van der Waals surface area contributed by atoms with Gasteiger partial charge in [-0.2, -0.15) is 5.10 Å². The molecule has 0 spiro atoms. The van der Waals surface area contributed by atoms with Crippen molar-refractivity contribution in [3.05, 3.63) is 93.5 Å². The lowest BCUT2D eigenvalue weighted by molar-refractivity contribution is -0.387. The van der Waals surface area contributed by atoms with E-state index in [1.165, 1.54) is 29.6 Å². The molecule has 3 rings (SSSR count). The molecular weight excluding hydrogens is 412 g/mol. The number of carbonyl (C=O) groups is 1. The van der Waals surface area contributed by atoms with Crippen molar-refractivity contribution in [3.8, 4) is 0 Å². The first kappa shape index (κ1) is 22.0. The lowest BCUT2D eigenvalue weighted by Gasteiger charge is -2.07. The lowest BCUT2D eigenvalue weighted by atomic mass is 10.1. The molecule has 0 aliphatic carbocycles. The van der Waals surface area contributed by atoms with Gasteiger partial charge in [0.15, 0.2) is 0 Å². The molecule has 0 saturated heterocycles. The smallest absolute Gasteiger partial charge is 0.283 e. The van der Waals surface area contributed by atoms with Gasteiger partial charge in [0.1, 0.15) is 0 Å². The summed E-state index contributed by atoms with van der Waals surface area (Å²) in [6.45, 7) is 4.10. The summed E-state index contributed by atoms with van der Waals surface area (Å²) in [4.78, 5) is 24.5. The first-order chi connectivity index (χ1) is 14.9. The van der Waals surface area contributed by atoms with E-state index in [-0.39, 0.29) is 18.1 Å². The van der Waals surface area contributed by atoms with E-state index in [9.17, 15) is 14.9 Å². The number of nitrogens with zero attached hydrogens (tertiary/aromatic N) is 2. The van der Waals surface area contributed by atoms with Gasteiger partial charge in [-0.05, 0) is 55.3 Å². The Morgan fingerprint density at radius 2 is 1.84 bits per heavy atom. The van der Waals surface area contributed by atoms with Crippen LogP contribution in [0.5, 0.6) is 0 Å². The zero-order valence-corrected chi connectivity index (χ0v) is 18.0. The topological polar surface area (TPSA) is 96.6 Å². The Bertz CT molecular complexity index is 1120. The Labute approximate surface area is 184 Å². The summed E-state index contributed by atoms with van der Waals surface area (Å²) in [5, 5.41) is 18.4. The second-order valence-electron chi connectivity index (χ2n) is 6.85. The van der Waals surface area contributed by atoms with E-state index in [4.69, 9.17) is 0 Å². The maximum absolute atomic E-state index is 12.0. The molecule has 0 unspecified atom stereocenters. The SMILES string of the molecule is Cc1ccc(NCC(=O)N/N=C/c2ccc(Sc3ccccc3)c([N+](=O)[O-])c2)cc1C. The van der Waals surface area contributed by atoms with E-state index in [1.54, 1.807) is 12.1 Å². The molecular formula is C23H22N4O3S. The highest BCUT2D eigenvalue weighted by Crippen LogP contribution is 2.34. The van der Waals surface area contributed by atoms with E-state index in [2.05, 4.69) is 15.8 Å². The number of hydrogen-bond donors (Lipinski definition) is 2. The van der Waals surface area contributed by atoms with E-state index < -0.39 is 4.92 Å². The van der Waals surface area contributed by atoms with Gasteiger partial charge in [-0.3, -0.25) is 14.9 Å². The molecule has 8 heteroatoms. The number of carbonyl (C=O) groups excluding carboxylic acids is 1. The van der Waals surface area contributed by atoms with Crippen LogP contribution in [0, 0.1) is 24.0 Å². The van der Waals surface area contributed by atoms with Gasteiger partial charge in [0.2, 0.25) is 0 Å². The normalized spacial score (nSPS) is 10.8. The number of benzene rings is 3. The number of amides is 1. The Kier molecular flexibility index (Phi) is 7.40. The molecule has 7 nitrogen and oxygen atoms in total. The van der Waals surface area contributed by atoms with E-state index >= 15 is 0 Å². The quantitative estimate of drug-likeness (QED) is 0.298. The van der Waals surface area contributed by atoms with Crippen LogP contribution in [0.15, 0.2) is 81.6 Å². The molecule has 0 radical (unpaired) electrons. The summed E-state index contributed by atoms with van der Waals surface area (Å²) in [5.41, 5.74) is 6.10. The molecule has 0 aliphatic rings. The van der Waals surface area contributed by atoms with Gasteiger partial charge >= 0.3 is 0 Å². The molecule has 1 amide bonds. The van der Waals surface area contributed by atoms with E-state index in [1.807, 2.05) is 62.4 Å². The Morgan fingerprint density at radius 3 is 2.55 bits per heavy atom. The van der Waals surface area contributed by atoms with Crippen LogP contribution in [0.25, 0.3) is 0 Å². The minimum Gasteiger partial charge on any atom is -0.376 e. The van der Waals surface area contributed by atoms with Crippen molar-refractivity contribution >= 4 is 35.3 Å². The van der Waals surface area contributed by atoms with Gasteiger partial charge in [-0.15, -0.1) is 0 Å². The van der Waals surface area contributed by atoms with E-state index in [0.29, 0.717) is 10.5 Å². The van der Waals surface area contributed by atoms with Gasteiger partial charge in [-0.25, -0.2) is 5.43 Å². The van der Waals surface area contributed by atoms with Crippen LogP contribution in [0.3, 0.4) is 0 Å². The molecule has 31 heavy (non-hydrogen) atoms. The van der Waals surface area contributed by atoms with Crippen molar-refractivity contribution in [2.24, 2.45) is 5.10 Å². The molecule has 0 saturated carbocycles. The Morgan fingerprint density at radius 1 is 1.06 bits per heavy atom. The van der Waals surface area contributed by atoms with Gasteiger partial charge in [0.25, 0.3) is 11.6 Å². The summed E-state index contributed by atoms with van der Waals surface area (Å²) in [7, 11) is 0. The maximum atomic E-state index is 12.0. The third-order valence-corrected chi connectivity index (χ3v) is 5.59. The summed E-state index contributed by atoms with van der Waals surface area (Å²) >= 11 is 1.32. The summed E-state index contributed by atoms with van der Waals surface area (Å²) in [6.07, 6.45) is 1.39. The van der Waals surface area contributed by atoms with Crippen molar-refractivity contribution in [2.75, 3.05) is 11.9 Å². The average molecular weight is 435 g/mol. The van der Waals surface area contributed by atoms with Crippen molar-refractivity contribution in [3.63, 3.8) is 0 Å². The number of nitrogens with one attached hydrogen (secondary N) is 2. The van der Waals surface area contributed by atoms with Crippen molar-refractivity contribution < 1.29 is 9.72 Å². The zero-order valence-electron chi connectivity index (χ0n) is 17.2. The van der Waals surface area contributed by atoms with Crippen LogP contribution in [0.1, 0.15) is 16.7 Å². The molecule has 0 heterocycles. The number of nitro benzene ring substituents is 1. The first-order valence-corrected chi connectivity index (χ1v) is 10.4. The summed E-state index contributed by atoms with van der Waals surface area (Å²) < 4.78 is 0. The molecule has 0 fully saturated rings. The van der Waals surface area contributed by atoms with Gasteiger partial charge in [-0.1, -0.05) is 42.1 Å². The minimum atomic E-state index is -0.422. The molecule has 2 N–H and O–H groups in total. The molecule has 3 aromatic carbocycles. The Balaban J connectivity index is 1.59. The number of nitro groups is 1. The average Bonchev–Trinajstić information content (AvgIpc) is 2.76. The molecule has 3 aromatic rings. The highest BCUT2D eigenvalue weighted by molar-refractivity contribution is 7.99. The second kappa shape index (κ2) is 10.4.